The standard InChI is InChI=1S/C19H19FN2O3/c1-4-11-21-19(23)13(2)22-14-9-10-16(15(20)12-14)25-18-8-6-5-7-17(18)24-3/h1,5-10,12-13,22H,11H2,2-3H3,(H,21,23). The zero-order valence-corrected chi connectivity index (χ0v) is 14.0. The highest BCUT2D eigenvalue weighted by molar-refractivity contribution is 5.84. The molecule has 5 nitrogen and oxygen atoms in total. The normalized spacial score (nSPS) is 11.1. The molecule has 130 valence electrons. The number of anilines is 1. The molecule has 0 aliphatic rings. The average molecular weight is 342 g/mol. The van der Waals surface area contributed by atoms with Crippen molar-refractivity contribution in [3.8, 4) is 29.6 Å². The van der Waals surface area contributed by atoms with E-state index in [0.717, 1.165) is 0 Å². The van der Waals surface area contributed by atoms with Crippen LogP contribution in [-0.4, -0.2) is 25.6 Å². The Morgan fingerprint density at radius 1 is 1.24 bits per heavy atom. The number of hydrogen-bond donors (Lipinski definition) is 2. The van der Waals surface area contributed by atoms with Crippen molar-refractivity contribution < 1.29 is 18.7 Å². The minimum atomic E-state index is -0.563. The van der Waals surface area contributed by atoms with E-state index in [9.17, 15) is 9.18 Å². The van der Waals surface area contributed by atoms with E-state index in [1.54, 1.807) is 37.3 Å². The lowest BCUT2D eigenvalue weighted by atomic mass is 10.2. The third-order valence-corrected chi connectivity index (χ3v) is 3.36. The van der Waals surface area contributed by atoms with E-state index in [1.165, 1.54) is 19.2 Å². The van der Waals surface area contributed by atoms with Gasteiger partial charge in [0.2, 0.25) is 5.91 Å². The molecule has 0 heterocycles. The van der Waals surface area contributed by atoms with Crippen molar-refractivity contribution in [2.75, 3.05) is 19.0 Å². The number of carbonyl (C=O) groups is 1. The predicted molar refractivity (Wildman–Crippen MR) is 94.4 cm³/mol. The number of halogens is 1. The van der Waals surface area contributed by atoms with Gasteiger partial charge in [-0.1, -0.05) is 18.1 Å². The van der Waals surface area contributed by atoms with Crippen LogP contribution in [0.2, 0.25) is 0 Å². The molecule has 2 aromatic rings. The van der Waals surface area contributed by atoms with E-state index in [1.807, 2.05) is 0 Å². The zero-order valence-electron chi connectivity index (χ0n) is 14.0. The van der Waals surface area contributed by atoms with E-state index >= 15 is 0 Å². The summed E-state index contributed by atoms with van der Waals surface area (Å²) in [6, 6.07) is 10.8. The number of para-hydroxylation sites is 2. The lowest BCUT2D eigenvalue weighted by molar-refractivity contribution is -0.121. The fraction of sp³-hybridized carbons (Fsp3) is 0.211. The number of ether oxygens (including phenoxy) is 2. The van der Waals surface area contributed by atoms with Crippen LogP contribution in [0.5, 0.6) is 17.2 Å². The maximum Gasteiger partial charge on any atom is 0.242 e. The first-order valence-electron chi connectivity index (χ1n) is 7.63. The summed E-state index contributed by atoms with van der Waals surface area (Å²) in [5.74, 6) is 2.45. The summed E-state index contributed by atoms with van der Waals surface area (Å²) >= 11 is 0. The Bertz CT molecular complexity index is 786. The van der Waals surface area contributed by atoms with Crippen LogP contribution in [0.15, 0.2) is 42.5 Å². The Balaban J connectivity index is 2.08. The first-order valence-corrected chi connectivity index (χ1v) is 7.63. The van der Waals surface area contributed by atoms with Gasteiger partial charge in [0.15, 0.2) is 23.1 Å². The molecule has 2 aromatic carbocycles. The summed E-state index contributed by atoms with van der Waals surface area (Å²) in [6.45, 7) is 1.80. The van der Waals surface area contributed by atoms with Crippen molar-refractivity contribution in [3.05, 3.63) is 48.3 Å². The lowest BCUT2D eigenvalue weighted by Crippen LogP contribution is -2.37. The fourth-order valence-corrected chi connectivity index (χ4v) is 2.10. The maximum atomic E-state index is 14.3. The van der Waals surface area contributed by atoms with Crippen molar-refractivity contribution in [2.24, 2.45) is 0 Å². The summed E-state index contributed by atoms with van der Waals surface area (Å²) in [4.78, 5) is 11.8. The van der Waals surface area contributed by atoms with Gasteiger partial charge in [0.1, 0.15) is 6.04 Å². The second-order valence-electron chi connectivity index (χ2n) is 5.19. The summed E-state index contributed by atoms with van der Waals surface area (Å²) < 4.78 is 25.0. The largest absolute Gasteiger partial charge is 0.493 e. The minimum absolute atomic E-state index is 0.0551. The van der Waals surface area contributed by atoms with Crippen LogP contribution in [0.3, 0.4) is 0 Å². The van der Waals surface area contributed by atoms with Crippen LogP contribution in [0.25, 0.3) is 0 Å². The first kappa shape index (κ1) is 18.1. The Morgan fingerprint density at radius 2 is 1.96 bits per heavy atom. The number of methoxy groups -OCH3 is 1. The molecular formula is C19H19FN2O3. The summed E-state index contributed by atoms with van der Waals surface area (Å²) in [5.41, 5.74) is 0.452. The van der Waals surface area contributed by atoms with Crippen LogP contribution in [0.4, 0.5) is 10.1 Å². The topological polar surface area (TPSA) is 59.6 Å². The Hall–Kier alpha value is -3.20. The summed E-state index contributed by atoms with van der Waals surface area (Å²) in [7, 11) is 1.51. The van der Waals surface area contributed by atoms with Gasteiger partial charge in [-0.3, -0.25) is 4.79 Å². The van der Waals surface area contributed by atoms with Crippen molar-refractivity contribution >= 4 is 11.6 Å². The molecule has 1 amide bonds. The molecule has 0 radical (unpaired) electrons. The molecule has 0 aliphatic heterocycles. The van der Waals surface area contributed by atoms with Crippen molar-refractivity contribution in [3.63, 3.8) is 0 Å². The Labute approximate surface area is 146 Å². The SMILES string of the molecule is C#CCNC(=O)C(C)Nc1ccc(Oc2ccccc2OC)c(F)c1. The van der Waals surface area contributed by atoms with Gasteiger partial charge in [-0.2, -0.15) is 0 Å². The maximum absolute atomic E-state index is 14.3. The van der Waals surface area contributed by atoms with Crippen molar-refractivity contribution in [1.82, 2.24) is 5.32 Å². The fourth-order valence-electron chi connectivity index (χ4n) is 2.10. The molecular weight excluding hydrogens is 323 g/mol. The molecule has 0 saturated carbocycles. The molecule has 6 heteroatoms. The van der Waals surface area contributed by atoms with E-state index in [0.29, 0.717) is 17.2 Å². The Kier molecular flexibility index (Phi) is 6.24. The van der Waals surface area contributed by atoms with E-state index in [4.69, 9.17) is 15.9 Å². The van der Waals surface area contributed by atoms with Gasteiger partial charge < -0.3 is 20.1 Å². The molecule has 2 rings (SSSR count). The minimum Gasteiger partial charge on any atom is -0.493 e. The Morgan fingerprint density at radius 3 is 2.60 bits per heavy atom. The van der Waals surface area contributed by atoms with Gasteiger partial charge in [-0.25, -0.2) is 4.39 Å². The van der Waals surface area contributed by atoms with Crippen LogP contribution in [0, 0.1) is 18.2 Å². The third-order valence-electron chi connectivity index (χ3n) is 3.36. The quantitative estimate of drug-likeness (QED) is 0.759. The molecule has 2 N–H and O–H groups in total. The lowest BCUT2D eigenvalue weighted by Gasteiger charge is -2.15. The van der Waals surface area contributed by atoms with Gasteiger partial charge in [-0.15, -0.1) is 6.42 Å². The molecule has 0 aliphatic carbocycles. The summed E-state index contributed by atoms with van der Waals surface area (Å²) in [5, 5.41) is 5.46. The monoisotopic (exact) mass is 342 g/mol. The second-order valence-corrected chi connectivity index (χ2v) is 5.19. The van der Waals surface area contributed by atoms with Crippen LogP contribution < -0.4 is 20.1 Å². The van der Waals surface area contributed by atoms with Gasteiger partial charge in [0.25, 0.3) is 0 Å². The van der Waals surface area contributed by atoms with Crippen molar-refractivity contribution in [1.29, 1.82) is 0 Å². The highest BCUT2D eigenvalue weighted by atomic mass is 19.1. The predicted octanol–water partition coefficient (Wildman–Crippen LogP) is 3.18. The molecule has 1 atom stereocenters. The number of benzene rings is 2. The molecule has 0 aromatic heterocycles. The number of rotatable bonds is 7. The van der Waals surface area contributed by atoms with Gasteiger partial charge >= 0.3 is 0 Å². The molecule has 0 saturated heterocycles. The first-order chi connectivity index (χ1) is 12.0. The van der Waals surface area contributed by atoms with E-state index in [-0.39, 0.29) is 18.2 Å². The molecule has 25 heavy (non-hydrogen) atoms. The molecule has 0 bridgehead atoms. The number of amides is 1. The van der Waals surface area contributed by atoms with E-state index < -0.39 is 11.9 Å². The number of hydrogen-bond acceptors (Lipinski definition) is 4. The molecule has 0 spiro atoms. The molecule has 1 unspecified atom stereocenters. The number of carbonyl (C=O) groups excluding carboxylic acids is 1. The van der Waals surface area contributed by atoms with Crippen LogP contribution in [0.1, 0.15) is 6.92 Å². The van der Waals surface area contributed by atoms with Crippen LogP contribution >= 0.6 is 0 Å². The van der Waals surface area contributed by atoms with Gasteiger partial charge in [0, 0.05) is 11.8 Å². The average Bonchev–Trinajstić information content (AvgIpc) is 2.62. The van der Waals surface area contributed by atoms with Crippen LogP contribution in [-0.2, 0) is 4.79 Å². The third kappa shape index (κ3) is 4.88. The number of nitrogens with one attached hydrogen (secondary N) is 2. The molecule has 0 fully saturated rings. The van der Waals surface area contributed by atoms with Gasteiger partial charge in [-0.05, 0) is 31.2 Å². The number of terminal acetylenes is 1. The van der Waals surface area contributed by atoms with E-state index in [2.05, 4.69) is 16.6 Å². The van der Waals surface area contributed by atoms with Gasteiger partial charge in [0.05, 0.1) is 13.7 Å². The summed E-state index contributed by atoms with van der Waals surface area (Å²) in [6.07, 6.45) is 5.09. The zero-order chi connectivity index (χ0) is 18.2. The second kappa shape index (κ2) is 8.60. The highest BCUT2D eigenvalue weighted by Gasteiger charge is 2.14. The smallest absolute Gasteiger partial charge is 0.242 e. The highest BCUT2D eigenvalue weighted by Crippen LogP contribution is 2.33. The van der Waals surface area contributed by atoms with Crippen molar-refractivity contribution in [2.45, 2.75) is 13.0 Å².